The number of urea groups is 1. The van der Waals surface area contributed by atoms with E-state index >= 15 is 0 Å². The zero-order valence-corrected chi connectivity index (χ0v) is 21.5. The highest BCUT2D eigenvalue weighted by Crippen LogP contribution is 2.30. The van der Waals surface area contributed by atoms with Gasteiger partial charge < -0.3 is 40.5 Å². The highest BCUT2D eigenvalue weighted by Gasteiger charge is 2.44. The van der Waals surface area contributed by atoms with E-state index in [1.54, 1.807) is 6.92 Å². The molecule has 0 aliphatic carbocycles. The summed E-state index contributed by atoms with van der Waals surface area (Å²) in [5.74, 6) is -7.85. The molecule has 0 bridgehead atoms. The SMILES string of the molecule is CCN1CC(CO)N(C(=O)NC(C(=O)N[C@H]2Cc3cccc(C(=O)O)c3OB2O)c2ncc(O)cc2F)C(=O)C1=O. The van der Waals surface area contributed by atoms with Gasteiger partial charge in [-0.15, -0.1) is 0 Å². The van der Waals surface area contributed by atoms with Crippen LogP contribution in [0.2, 0.25) is 0 Å². The van der Waals surface area contributed by atoms with Gasteiger partial charge in [0.05, 0.1) is 30.4 Å². The molecule has 1 fully saturated rings. The summed E-state index contributed by atoms with van der Waals surface area (Å²) >= 11 is 0. The third kappa shape index (κ3) is 5.76. The Morgan fingerprint density at radius 2 is 2.00 bits per heavy atom. The van der Waals surface area contributed by atoms with Gasteiger partial charge in [-0.05, 0) is 25.0 Å². The molecule has 0 radical (unpaired) electrons. The first-order valence-electron chi connectivity index (χ1n) is 12.3. The number of rotatable bonds is 7. The second-order valence-corrected chi connectivity index (χ2v) is 9.23. The number of aliphatic hydroxyl groups is 1. The van der Waals surface area contributed by atoms with Crippen molar-refractivity contribution in [3.05, 3.63) is 53.1 Å². The van der Waals surface area contributed by atoms with E-state index in [2.05, 4.69) is 15.6 Å². The summed E-state index contributed by atoms with van der Waals surface area (Å²) in [4.78, 5) is 68.5. The number of hydrogen-bond acceptors (Lipinski definition) is 10. The number of amides is 5. The van der Waals surface area contributed by atoms with Crippen LogP contribution in [-0.4, -0.2) is 104 Å². The predicted molar refractivity (Wildman–Crippen MR) is 135 cm³/mol. The molecule has 17 heteroatoms. The van der Waals surface area contributed by atoms with E-state index in [1.165, 1.54) is 18.2 Å². The van der Waals surface area contributed by atoms with Crippen LogP contribution in [0.4, 0.5) is 9.18 Å². The Hall–Kier alpha value is -4.77. The average Bonchev–Trinajstić information content (AvgIpc) is 2.93. The van der Waals surface area contributed by atoms with Crippen molar-refractivity contribution in [2.75, 3.05) is 19.7 Å². The van der Waals surface area contributed by atoms with Gasteiger partial charge in [0.1, 0.15) is 17.2 Å². The van der Waals surface area contributed by atoms with Crippen molar-refractivity contribution < 1.29 is 53.4 Å². The quantitative estimate of drug-likeness (QED) is 0.167. The first-order chi connectivity index (χ1) is 19.5. The topological polar surface area (TPSA) is 219 Å². The van der Waals surface area contributed by atoms with Crippen molar-refractivity contribution in [3.63, 3.8) is 0 Å². The highest BCUT2D eigenvalue weighted by atomic mass is 19.1. The summed E-state index contributed by atoms with van der Waals surface area (Å²) in [6.45, 7) is 0.832. The number of carbonyl (C=O) groups excluding carboxylic acids is 4. The molecule has 1 aromatic carbocycles. The van der Waals surface area contributed by atoms with Gasteiger partial charge in [0, 0.05) is 19.2 Å². The maximum Gasteiger partial charge on any atom is 0.547 e. The molecule has 6 N–H and O–H groups in total. The lowest BCUT2D eigenvalue weighted by Crippen LogP contribution is -2.65. The van der Waals surface area contributed by atoms with Crippen LogP contribution in [0.3, 0.4) is 0 Å². The fourth-order valence-electron chi connectivity index (χ4n) is 4.58. The minimum atomic E-state index is -1.96. The number of aromatic carboxylic acids is 1. The molecule has 3 heterocycles. The fourth-order valence-corrected chi connectivity index (χ4v) is 4.58. The van der Waals surface area contributed by atoms with Crippen molar-refractivity contribution in [3.8, 4) is 11.5 Å². The molecule has 0 saturated carbocycles. The predicted octanol–water partition coefficient (Wildman–Crippen LogP) is -1.43. The minimum Gasteiger partial charge on any atom is -0.534 e. The second-order valence-electron chi connectivity index (χ2n) is 9.23. The fraction of sp³-hybridized carbons (Fsp3) is 0.333. The number of piperazine rings is 1. The maximum absolute atomic E-state index is 14.8. The van der Waals surface area contributed by atoms with Crippen LogP contribution in [0.1, 0.15) is 34.6 Å². The molecule has 41 heavy (non-hydrogen) atoms. The summed E-state index contributed by atoms with van der Waals surface area (Å²) in [6, 6.07) is 0.398. The van der Waals surface area contributed by atoms with Crippen LogP contribution in [-0.2, 0) is 20.8 Å². The molecule has 2 unspecified atom stereocenters. The zero-order chi connectivity index (χ0) is 30.0. The van der Waals surface area contributed by atoms with Crippen LogP contribution >= 0.6 is 0 Å². The number of carbonyl (C=O) groups is 5. The summed E-state index contributed by atoms with van der Waals surface area (Å²) in [6.07, 6.45) is 0.687. The lowest BCUT2D eigenvalue weighted by atomic mass is 9.72. The van der Waals surface area contributed by atoms with E-state index in [1.807, 2.05) is 0 Å². The van der Waals surface area contributed by atoms with Crippen LogP contribution in [0.5, 0.6) is 11.5 Å². The lowest BCUT2D eigenvalue weighted by Gasteiger charge is -2.38. The van der Waals surface area contributed by atoms with E-state index < -0.39 is 78.7 Å². The number of nitrogens with one attached hydrogen (secondary N) is 2. The molecule has 3 atom stereocenters. The number of carboxylic acid groups (broad SMARTS) is 1. The Morgan fingerprint density at radius 3 is 2.63 bits per heavy atom. The van der Waals surface area contributed by atoms with Gasteiger partial charge in [0.15, 0.2) is 11.9 Å². The second kappa shape index (κ2) is 11.8. The number of halogens is 1. The van der Waals surface area contributed by atoms with Gasteiger partial charge in [-0.2, -0.15) is 0 Å². The number of para-hydroxylation sites is 1. The van der Waals surface area contributed by atoms with Crippen molar-refractivity contribution in [1.29, 1.82) is 0 Å². The van der Waals surface area contributed by atoms with Crippen molar-refractivity contribution >= 4 is 36.8 Å². The number of pyridine rings is 1. The Balaban J connectivity index is 1.62. The zero-order valence-electron chi connectivity index (χ0n) is 21.5. The molecule has 1 saturated heterocycles. The van der Waals surface area contributed by atoms with E-state index in [4.69, 9.17) is 4.65 Å². The highest BCUT2D eigenvalue weighted by molar-refractivity contribution is 6.47. The Bertz CT molecular complexity index is 1410. The Morgan fingerprint density at radius 1 is 1.27 bits per heavy atom. The maximum atomic E-state index is 14.8. The third-order valence-corrected chi connectivity index (χ3v) is 6.63. The molecule has 2 aromatic rings. The number of fused-ring (bicyclic) bond motifs is 1. The summed E-state index contributed by atoms with van der Waals surface area (Å²) < 4.78 is 20.2. The molecule has 0 spiro atoms. The first-order valence-corrected chi connectivity index (χ1v) is 12.3. The van der Waals surface area contributed by atoms with Gasteiger partial charge in [0.2, 0.25) is 5.91 Å². The number of imide groups is 1. The molecule has 15 nitrogen and oxygen atoms in total. The van der Waals surface area contributed by atoms with Gasteiger partial charge in [-0.1, -0.05) is 12.1 Å². The Labute approximate surface area is 231 Å². The standard InChI is InChI=1S/C24H25BFN5O10/c1-2-30-9-12(10-32)31(22(36)21(30)35)24(39)29-18(17-15(26)7-13(33)8-27-17)20(34)28-16-6-11-4-3-5-14(23(37)38)19(11)41-25(16)40/h3-5,7-8,12,16,18,32-33,40H,2,6,9-10H2,1H3,(H,28,34)(H,29,39)(H,37,38)/t12?,16-,18?/m0/s1. The summed E-state index contributed by atoms with van der Waals surface area (Å²) in [5.41, 5.74) is -0.564. The normalized spacial score (nSPS) is 19.3. The van der Waals surface area contributed by atoms with Crippen LogP contribution in [0, 0.1) is 5.82 Å². The minimum absolute atomic E-state index is 0.0986. The molecule has 4 rings (SSSR count). The van der Waals surface area contributed by atoms with Crippen molar-refractivity contribution in [2.45, 2.75) is 31.4 Å². The van der Waals surface area contributed by atoms with Gasteiger partial charge >= 0.3 is 30.9 Å². The van der Waals surface area contributed by atoms with Gasteiger partial charge in [0.25, 0.3) is 0 Å². The number of aliphatic hydroxyl groups excluding tert-OH is 1. The number of likely N-dealkylation sites (N-methyl/N-ethyl adjacent to an activating group) is 1. The van der Waals surface area contributed by atoms with E-state index in [0.717, 1.165) is 11.1 Å². The van der Waals surface area contributed by atoms with Crippen molar-refractivity contribution in [2.24, 2.45) is 0 Å². The number of nitrogens with zero attached hydrogens (tertiary/aromatic N) is 3. The molecule has 2 aliphatic heterocycles. The summed E-state index contributed by atoms with van der Waals surface area (Å²) in [7, 11) is -1.75. The van der Waals surface area contributed by atoms with Crippen molar-refractivity contribution in [1.82, 2.24) is 25.4 Å². The molecule has 2 aliphatic rings. The van der Waals surface area contributed by atoms with Gasteiger partial charge in [-0.3, -0.25) is 19.4 Å². The average molecular weight is 573 g/mol. The Kier molecular flexibility index (Phi) is 8.39. The lowest BCUT2D eigenvalue weighted by molar-refractivity contribution is -0.156. The number of aromatic nitrogens is 1. The number of benzene rings is 1. The van der Waals surface area contributed by atoms with Crippen LogP contribution in [0.25, 0.3) is 0 Å². The van der Waals surface area contributed by atoms with E-state index in [9.17, 15) is 48.7 Å². The largest absolute Gasteiger partial charge is 0.547 e. The number of carboxylic acids is 1. The number of aromatic hydroxyl groups is 1. The molecule has 216 valence electrons. The monoisotopic (exact) mass is 573 g/mol. The van der Waals surface area contributed by atoms with Crippen LogP contribution < -0.4 is 15.3 Å². The van der Waals surface area contributed by atoms with Gasteiger partial charge in [-0.25, -0.2) is 18.9 Å². The van der Waals surface area contributed by atoms with Crippen LogP contribution in [0.15, 0.2) is 30.5 Å². The number of hydrogen-bond donors (Lipinski definition) is 6. The molecule has 1 aromatic heterocycles. The summed E-state index contributed by atoms with van der Waals surface area (Å²) in [5, 5.41) is 43.8. The molecular formula is C24H25BFN5O10. The third-order valence-electron chi connectivity index (χ3n) is 6.63. The van der Waals surface area contributed by atoms with E-state index in [-0.39, 0.29) is 30.8 Å². The first kappa shape index (κ1) is 29.2. The van der Waals surface area contributed by atoms with E-state index in [0.29, 0.717) is 16.5 Å². The smallest absolute Gasteiger partial charge is 0.534 e. The molecule has 5 amide bonds. The molecular weight excluding hydrogens is 548 g/mol.